The number of carbonyl (C=O) groups excluding carboxylic acids is 1. The highest BCUT2D eigenvalue weighted by Crippen LogP contribution is 2.05. The number of aryl methyl sites for hydroxylation is 1. The van der Waals surface area contributed by atoms with Gasteiger partial charge in [0.05, 0.1) is 24.5 Å². The molecule has 1 aromatic heterocycles. The van der Waals surface area contributed by atoms with Crippen LogP contribution in [0.1, 0.15) is 12.1 Å². The molecule has 0 spiro atoms. The second kappa shape index (κ2) is 6.15. The Morgan fingerprint density at radius 2 is 2.41 bits per heavy atom. The second-order valence-corrected chi connectivity index (χ2v) is 4.13. The third-order valence-electron chi connectivity index (χ3n) is 2.03. The summed E-state index contributed by atoms with van der Waals surface area (Å²) in [6.45, 7) is 1.88. The summed E-state index contributed by atoms with van der Waals surface area (Å²) in [4.78, 5) is 27.1. The predicted molar refractivity (Wildman–Crippen MR) is 64.2 cm³/mol. The number of aromatic nitrogens is 2. The predicted octanol–water partition coefficient (Wildman–Crippen LogP) is 0.344. The maximum absolute atomic E-state index is 11.7. The van der Waals surface area contributed by atoms with Crippen molar-refractivity contribution in [2.75, 3.05) is 6.54 Å². The number of nitrogens with zero attached hydrogens (tertiary/aromatic N) is 3. The van der Waals surface area contributed by atoms with Crippen LogP contribution >= 0.6 is 15.9 Å². The molecule has 1 rings (SSSR count). The van der Waals surface area contributed by atoms with E-state index in [4.69, 9.17) is 5.26 Å². The van der Waals surface area contributed by atoms with Crippen LogP contribution in [0.2, 0.25) is 0 Å². The van der Waals surface area contributed by atoms with Crippen molar-refractivity contribution >= 4 is 21.8 Å². The fourth-order valence-corrected chi connectivity index (χ4v) is 1.46. The lowest BCUT2D eigenvalue weighted by Gasteiger charge is -2.06. The van der Waals surface area contributed by atoms with Crippen molar-refractivity contribution in [3.63, 3.8) is 0 Å². The number of nitrogens with one attached hydrogen (secondary N) is 1. The fourth-order valence-electron chi connectivity index (χ4n) is 1.13. The van der Waals surface area contributed by atoms with Crippen molar-refractivity contribution in [3.05, 3.63) is 26.8 Å². The van der Waals surface area contributed by atoms with E-state index in [1.165, 1.54) is 10.9 Å². The molecule has 0 saturated carbocycles. The number of rotatable bonds is 4. The molecule has 0 fully saturated rings. The molecule has 1 heterocycles. The molecule has 0 saturated heterocycles. The Balaban J connectivity index is 2.70. The number of hydrogen-bond acceptors (Lipinski definition) is 4. The smallest absolute Gasteiger partial charge is 0.268 e. The van der Waals surface area contributed by atoms with E-state index >= 15 is 0 Å². The number of amides is 1. The van der Waals surface area contributed by atoms with Gasteiger partial charge in [0.2, 0.25) is 5.91 Å². The van der Waals surface area contributed by atoms with Crippen molar-refractivity contribution in [1.29, 1.82) is 5.26 Å². The van der Waals surface area contributed by atoms with Gasteiger partial charge in [0.15, 0.2) is 0 Å². The highest BCUT2D eigenvalue weighted by molar-refractivity contribution is 9.10. The lowest BCUT2D eigenvalue weighted by molar-refractivity contribution is -0.121. The number of hydrogen-bond donors (Lipinski definition) is 1. The Hall–Kier alpha value is -1.68. The Bertz CT molecular complexity index is 518. The largest absolute Gasteiger partial charge is 0.354 e. The van der Waals surface area contributed by atoms with Gasteiger partial charge < -0.3 is 5.32 Å². The molecule has 0 atom stereocenters. The highest BCUT2D eigenvalue weighted by atomic mass is 79.9. The van der Waals surface area contributed by atoms with Gasteiger partial charge in [-0.1, -0.05) is 0 Å². The van der Waals surface area contributed by atoms with E-state index in [1.54, 1.807) is 6.92 Å². The minimum atomic E-state index is -0.320. The zero-order valence-electron chi connectivity index (χ0n) is 9.23. The Labute approximate surface area is 106 Å². The standard InChI is InChI=1S/C10H11BrN4O2/c1-7-9(11)10(17)15(6-14-7)5-8(16)13-4-2-3-12/h6H,2,4-5H2,1H3,(H,13,16). The number of nitriles is 1. The van der Waals surface area contributed by atoms with Crippen molar-refractivity contribution in [2.24, 2.45) is 0 Å². The molecule has 0 bridgehead atoms. The molecule has 0 radical (unpaired) electrons. The summed E-state index contributed by atoms with van der Waals surface area (Å²) < 4.78 is 1.56. The summed E-state index contributed by atoms with van der Waals surface area (Å²) in [6, 6.07) is 1.91. The van der Waals surface area contributed by atoms with E-state index in [0.29, 0.717) is 10.2 Å². The first kappa shape index (κ1) is 13.4. The van der Waals surface area contributed by atoms with Gasteiger partial charge in [-0.3, -0.25) is 14.2 Å². The maximum Gasteiger partial charge on any atom is 0.268 e. The molecule has 0 aliphatic rings. The molecular formula is C10H11BrN4O2. The Kier molecular flexibility index (Phi) is 4.84. The molecule has 0 aliphatic heterocycles. The monoisotopic (exact) mass is 298 g/mol. The van der Waals surface area contributed by atoms with Crippen LogP contribution in [0.5, 0.6) is 0 Å². The molecule has 7 heteroatoms. The SMILES string of the molecule is Cc1ncn(CC(=O)NCCC#N)c(=O)c1Br. The van der Waals surface area contributed by atoms with Gasteiger partial charge in [-0.25, -0.2) is 4.98 Å². The molecule has 17 heavy (non-hydrogen) atoms. The summed E-state index contributed by atoms with van der Waals surface area (Å²) >= 11 is 3.11. The van der Waals surface area contributed by atoms with Gasteiger partial charge in [0.1, 0.15) is 11.0 Å². The van der Waals surface area contributed by atoms with Crippen molar-refractivity contribution < 1.29 is 4.79 Å². The first-order valence-electron chi connectivity index (χ1n) is 4.91. The average Bonchev–Trinajstić information content (AvgIpc) is 2.30. The normalized spacial score (nSPS) is 9.71. The molecule has 0 aliphatic carbocycles. The van der Waals surface area contributed by atoms with Crippen LogP contribution in [0.3, 0.4) is 0 Å². The molecule has 0 aromatic carbocycles. The van der Waals surface area contributed by atoms with E-state index in [1.807, 2.05) is 6.07 Å². The third kappa shape index (κ3) is 3.67. The minimum absolute atomic E-state index is 0.101. The summed E-state index contributed by atoms with van der Waals surface area (Å²) in [5.74, 6) is -0.320. The first-order valence-corrected chi connectivity index (χ1v) is 5.70. The van der Waals surface area contributed by atoms with Crippen LogP contribution in [0, 0.1) is 18.3 Å². The Morgan fingerprint density at radius 3 is 3.06 bits per heavy atom. The topological polar surface area (TPSA) is 87.8 Å². The summed E-state index contributed by atoms with van der Waals surface area (Å²) in [5, 5.41) is 10.8. The van der Waals surface area contributed by atoms with Gasteiger partial charge >= 0.3 is 0 Å². The second-order valence-electron chi connectivity index (χ2n) is 3.34. The van der Waals surface area contributed by atoms with Crippen molar-refractivity contribution in [2.45, 2.75) is 19.9 Å². The van der Waals surface area contributed by atoms with E-state index < -0.39 is 0 Å². The summed E-state index contributed by atoms with van der Waals surface area (Å²) in [5.41, 5.74) is 0.282. The van der Waals surface area contributed by atoms with E-state index in [2.05, 4.69) is 26.2 Å². The molecule has 1 aromatic rings. The highest BCUT2D eigenvalue weighted by Gasteiger charge is 2.08. The molecule has 90 valence electrons. The molecule has 1 amide bonds. The lowest BCUT2D eigenvalue weighted by atomic mass is 10.4. The van der Waals surface area contributed by atoms with Gasteiger partial charge in [-0.2, -0.15) is 5.26 Å². The fraction of sp³-hybridized carbons (Fsp3) is 0.400. The van der Waals surface area contributed by atoms with Crippen LogP contribution in [0.15, 0.2) is 15.6 Å². The lowest BCUT2D eigenvalue weighted by Crippen LogP contribution is -2.33. The van der Waals surface area contributed by atoms with E-state index in [9.17, 15) is 9.59 Å². The third-order valence-corrected chi connectivity index (χ3v) is 2.94. The molecule has 6 nitrogen and oxygen atoms in total. The van der Waals surface area contributed by atoms with E-state index in [-0.39, 0.29) is 31.0 Å². The zero-order chi connectivity index (χ0) is 12.8. The van der Waals surface area contributed by atoms with E-state index in [0.717, 1.165) is 0 Å². The summed E-state index contributed by atoms with van der Waals surface area (Å²) in [6.07, 6.45) is 1.57. The maximum atomic E-state index is 11.7. The molecule has 0 unspecified atom stereocenters. The van der Waals surface area contributed by atoms with Crippen LogP contribution in [-0.2, 0) is 11.3 Å². The quantitative estimate of drug-likeness (QED) is 0.812. The minimum Gasteiger partial charge on any atom is -0.354 e. The first-order chi connectivity index (χ1) is 8.06. The van der Waals surface area contributed by atoms with Crippen molar-refractivity contribution in [1.82, 2.24) is 14.9 Å². The van der Waals surface area contributed by atoms with Gasteiger partial charge in [-0.15, -0.1) is 0 Å². The zero-order valence-corrected chi connectivity index (χ0v) is 10.8. The van der Waals surface area contributed by atoms with Crippen LogP contribution in [0.25, 0.3) is 0 Å². The van der Waals surface area contributed by atoms with Gasteiger partial charge in [0, 0.05) is 6.54 Å². The van der Waals surface area contributed by atoms with Crippen LogP contribution in [-0.4, -0.2) is 22.0 Å². The van der Waals surface area contributed by atoms with Gasteiger partial charge in [-0.05, 0) is 22.9 Å². The summed E-state index contributed by atoms with van der Waals surface area (Å²) in [7, 11) is 0. The van der Waals surface area contributed by atoms with Crippen LogP contribution < -0.4 is 10.9 Å². The Morgan fingerprint density at radius 1 is 1.71 bits per heavy atom. The molecular weight excluding hydrogens is 288 g/mol. The van der Waals surface area contributed by atoms with Crippen molar-refractivity contribution in [3.8, 4) is 6.07 Å². The number of halogens is 1. The average molecular weight is 299 g/mol. The molecule has 1 N–H and O–H groups in total. The van der Waals surface area contributed by atoms with Gasteiger partial charge in [0.25, 0.3) is 5.56 Å². The number of carbonyl (C=O) groups is 1. The van der Waals surface area contributed by atoms with Crippen LogP contribution in [0.4, 0.5) is 0 Å².